The molecule has 0 aromatic carbocycles. The number of anilines is 1. The summed E-state index contributed by atoms with van der Waals surface area (Å²) in [6.45, 7) is -0.232. The van der Waals surface area contributed by atoms with Crippen molar-refractivity contribution in [2.75, 3.05) is 11.9 Å². The fraction of sp³-hybridized carbons (Fsp3) is 0.500. The van der Waals surface area contributed by atoms with Crippen molar-refractivity contribution in [1.29, 1.82) is 0 Å². The average Bonchev–Trinajstić information content (AvgIpc) is 2.51. The number of carbonyl (C=O) groups excluding carboxylic acids is 1. The Morgan fingerprint density at radius 1 is 1.62 bits per heavy atom. The summed E-state index contributed by atoms with van der Waals surface area (Å²) in [6.07, 6.45) is 0.398. The molecular formula is C8H13ClF2N4O. The fourth-order valence-corrected chi connectivity index (χ4v) is 1.02. The zero-order chi connectivity index (χ0) is 11.3. The third-order valence-electron chi connectivity index (χ3n) is 1.61. The molecule has 1 amide bonds. The molecule has 0 aliphatic rings. The van der Waals surface area contributed by atoms with Gasteiger partial charge in [0, 0.05) is 19.2 Å². The van der Waals surface area contributed by atoms with Gasteiger partial charge in [0.1, 0.15) is 6.54 Å². The predicted octanol–water partition coefficient (Wildman–Crippen LogP) is 0.857. The Balaban J connectivity index is 0.00000225. The van der Waals surface area contributed by atoms with Gasteiger partial charge in [-0.1, -0.05) is 0 Å². The topological polar surface area (TPSA) is 72.9 Å². The highest BCUT2D eigenvalue weighted by Gasteiger charge is 2.07. The summed E-state index contributed by atoms with van der Waals surface area (Å²) in [6, 6.07) is 0. The highest BCUT2D eigenvalue weighted by atomic mass is 35.5. The Bertz CT molecular complexity index is 332. The highest BCUT2D eigenvalue weighted by molar-refractivity contribution is 5.90. The summed E-state index contributed by atoms with van der Waals surface area (Å²) in [5, 5.41) is 6.15. The number of amides is 1. The number of rotatable bonds is 5. The SMILES string of the molecule is Cl.NCCC(=O)Nc1cnn(CC(F)F)c1. The van der Waals surface area contributed by atoms with Crippen LogP contribution in [0.1, 0.15) is 6.42 Å². The normalized spacial score (nSPS) is 10.0. The molecule has 8 heteroatoms. The Morgan fingerprint density at radius 2 is 2.31 bits per heavy atom. The van der Waals surface area contributed by atoms with Crippen LogP contribution < -0.4 is 11.1 Å². The molecule has 16 heavy (non-hydrogen) atoms. The fourth-order valence-electron chi connectivity index (χ4n) is 1.02. The maximum atomic E-state index is 11.9. The second-order valence-electron chi connectivity index (χ2n) is 2.93. The zero-order valence-electron chi connectivity index (χ0n) is 8.40. The van der Waals surface area contributed by atoms with Crippen molar-refractivity contribution in [3.8, 4) is 0 Å². The summed E-state index contributed by atoms with van der Waals surface area (Å²) in [5.74, 6) is -0.255. The first kappa shape index (κ1) is 14.8. The van der Waals surface area contributed by atoms with Crippen LogP contribution in [0.15, 0.2) is 12.4 Å². The molecule has 0 aliphatic heterocycles. The number of hydrogen-bond donors (Lipinski definition) is 2. The molecule has 1 heterocycles. The molecule has 3 N–H and O–H groups in total. The van der Waals surface area contributed by atoms with Gasteiger partial charge in [-0.25, -0.2) is 8.78 Å². The lowest BCUT2D eigenvalue weighted by atomic mass is 10.4. The second kappa shape index (κ2) is 7.13. The largest absolute Gasteiger partial charge is 0.330 e. The molecule has 0 atom stereocenters. The van der Waals surface area contributed by atoms with Gasteiger partial charge in [0.2, 0.25) is 5.91 Å². The quantitative estimate of drug-likeness (QED) is 0.818. The Labute approximate surface area is 97.4 Å². The number of nitrogens with one attached hydrogen (secondary N) is 1. The van der Waals surface area contributed by atoms with Crippen molar-refractivity contribution in [3.63, 3.8) is 0 Å². The number of aromatic nitrogens is 2. The number of nitrogens with zero attached hydrogens (tertiary/aromatic N) is 2. The van der Waals surface area contributed by atoms with E-state index in [9.17, 15) is 13.6 Å². The number of hydrogen-bond acceptors (Lipinski definition) is 3. The van der Waals surface area contributed by atoms with E-state index in [1.165, 1.54) is 12.4 Å². The first-order valence-electron chi connectivity index (χ1n) is 4.42. The van der Waals surface area contributed by atoms with Crippen molar-refractivity contribution in [2.24, 2.45) is 5.73 Å². The molecule has 0 saturated heterocycles. The van der Waals surface area contributed by atoms with Gasteiger partial charge in [-0.15, -0.1) is 12.4 Å². The van der Waals surface area contributed by atoms with Crippen LogP contribution in [0.3, 0.4) is 0 Å². The van der Waals surface area contributed by atoms with E-state index in [1.807, 2.05) is 0 Å². The molecule has 5 nitrogen and oxygen atoms in total. The van der Waals surface area contributed by atoms with Crippen LogP contribution in [-0.2, 0) is 11.3 Å². The first-order chi connectivity index (χ1) is 7.11. The minimum absolute atomic E-state index is 0. The third kappa shape index (κ3) is 5.04. The van der Waals surface area contributed by atoms with Crippen molar-refractivity contribution < 1.29 is 13.6 Å². The van der Waals surface area contributed by atoms with Crippen LogP contribution in [0.5, 0.6) is 0 Å². The van der Waals surface area contributed by atoms with Gasteiger partial charge in [-0.05, 0) is 0 Å². The van der Waals surface area contributed by atoms with Crippen molar-refractivity contribution >= 4 is 24.0 Å². The highest BCUT2D eigenvalue weighted by Crippen LogP contribution is 2.06. The van der Waals surface area contributed by atoms with Crippen molar-refractivity contribution in [3.05, 3.63) is 12.4 Å². The maximum absolute atomic E-state index is 11.9. The van der Waals surface area contributed by atoms with Gasteiger partial charge in [0.25, 0.3) is 6.43 Å². The number of alkyl halides is 2. The molecular weight excluding hydrogens is 242 g/mol. The first-order valence-corrected chi connectivity index (χ1v) is 4.42. The molecule has 0 bridgehead atoms. The van der Waals surface area contributed by atoms with Crippen molar-refractivity contribution in [2.45, 2.75) is 19.4 Å². The minimum atomic E-state index is -2.46. The lowest BCUT2D eigenvalue weighted by Crippen LogP contribution is -2.15. The number of halogens is 3. The van der Waals surface area contributed by atoms with Crippen LogP contribution in [0.2, 0.25) is 0 Å². The lowest BCUT2D eigenvalue weighted by Gasteiger charge is -2.00. The standard InChI is InChI=1S/C8H12F2N4O.ClH/c9-7(10)5-14-4-6(3-12-14)13-8(15)1-2-11;/h3-4,7H,1-2,5,11H2,(H,13,15);1H. The summed E-state index contributed by atoms with van der Waals surface area (Å²) in [4.78, 5) is 11.1. The van der Waals surface area contributed by atoms with Gasteiger partial charge in [0.05, 0.1) is 11.9 Å². The summed E-state index contributed by atoms with van der Waals surface area (Å²) < 4.78 is 25.0. The van der Waals surface area contributed by atoms with Crippen LogP contribution in [0.4, 0.5) is 14.5 Å². The Hall–Kier alpha value is -1.21. The molecule has 0 radical (unpaired) electrons. The molecule has 0 fully saturated rings. The number of carbonyl (C=O) groups is 1. The maximum Gasteiger partial charge on any atom is 0.257 e. The number of nitrogens with two attached hydrogens (primary N) is 1. The van der Waals surface area contributed by atoms with E-state index in [1.54, 1.807) is 0 Å². The Morgan fingerprint density at radius 3 is 2.88 bits per heavy atom. The molecule has 1 aromatic heterocycles. The minimum Gasteiger partial charge on any atom is -0.330 e. The van der Waals surface area contributed by atoms with E-state index in [-0.39, 0.29) is 31.3 Å². The van der Waals surface area contributed by atoms with E-state index in [0.717, 1.165) is 4.68 Å². The van der Waals surface area contributed by atoms with Crippen LogP contribution in [0, 0.1) is 0 Å². The van der Waals surface area contributed by atoms with Crippen molar-refractivity contribution in [1.82, 2.24) is 9.78 Å². The smallest absolute Gasteiger partial charge is 0.257 e. The van der Waals surface area contributed by atoms with E-state index < -0.39 is 13.0 Å². The third-order valence-corrected chi connectivity index (χ3v) is 1.61. The Kier molecular flexibility index (Phi) is 6.59. The van der Waals surface area contributed by atoms with Gasteiger partial charge in [-0.2, -0.15) is 5.10 Å². The van der Waals surface area contributed by atoms with E-state index in [2.05, 4.69) is 10.4 Å². The summed E-state index contributed by atoms with van der Waals surface area (Å²) in [7, 11) is 0. The van der Waals surface area contributed by atoms with E-state index in [0.29, 0.717) is 5.69 Å². The molecule has 1 aromatic rings. The summed E-state index contributed by atoms with van der Waals surface area (Å²) >= 11 is 0. The van der Waals surface area contributed by atoms with Crippen LogP contribution in [0.25, 0.3) is 0 Å². The van der Waals surface area contributed by atoms with Crippen LogP contribution in [-0.4, -0.2) is 28.7 Å². The van der Waals surface area contributed by atoms with Gasteiger partial charge >= 0.3 is 0 Å². The molecule has 1 rings (SSSR count). The zero-order valence-corrected chi connectivity index (χ0v) is 9.21. The monoisotopic (exact) mass is 254 g/mol. The van der Waals surface area contributed by atoms with E-state index in [4.69, 9.17) is 5.73 Å². The van der Waals surface area contributed by atoms with Crippen LogP contribution >= 0.6 is 12.4 Å². The van der Waals surface area contributed by atoms with Gasteiger partial charge in [0.15, 0.2) is 0 Å². The molecule has 0 aliphatic carbocycles. The van der Waals surface area contributed by atoms with Gasteiger partial charge in [-0.3, -0.25) is 9.48 Å². The molecule has 0 saturated carbocycles. The molecule has 92 valence electrons. The van der Waals surface area contributed by atoms with E-state index >= 15 is 0 Å². The molecule has 0 unspecified atom stereocenters. The average molecular weight is 255 g/mol. The second-order valence-corrected chi connectivity index (χ2v) is 2.93. The summed E-state index contributed by atoms with van der Waals surface area (Å²) in [5.41, 5.74) is 5.57. The molecule has 0 spiro atoms. The predicted molar refractivity (Wildman–Crippen MR) is 57.8 cm³/mol. The lowest BCUT2D eigenvalue weighted by molar-refractivity contribution is -0.116. The van der Waals surface area contributed by atoms with Gasteiger partial charge < -0.3 is 11.1 Å².